The van der Waals surface area contributed by atoms with Crippen molar-refractivity contribution in [3.8, 4) is 5.75 Å². The lowest BCUT2D eigenvalue weighted by Gasteiger charge is -2.25. The third-order valence-corrected chi connectivity index (χ3v) is 5.55. The summed E-state index contributed by atoms with van der Waals surface area (Å²) in [6, 6.07) is 16.3. The van der Waals surface area contributed by atoms with E-state index in [9.17, 15) is 13.2 Å². The topological polar surface area (TPSA) is 75.7 Å². The Morgan fingerprint density at radius 1 is 1.03 bits per heavy atom. The highest BCUT2D eigenvalue weighted by atomic mass is 32.2. The molecule has 1 N–H and O–H groups in total. The van der Waals surface area contributed by atoms with Gasteiger partial charge in [-0.3, -0.25) is 9.10 Å². The molecule has 0 radical (unpaired) electrons. The first-order valence-corrected chi connectivity index (χ1v) is 12.0. The van der Waals surface area contributed by atoms with E-state index in [4.69, 9.17) is 4.74 Å². The molecule has 1 atom stereocenters. The number of anilines is 1. The lowest BCUT2D eigenvalue weighted by atomic mass is 9.97. The van der Waals surface area contributed by atoms with Crippen LogP contribution in [0.4, 0.5) is 5.69 Å². The Labute approximate surface area is 180 Å². The van der Waals surface area contributed by atoms with Crippen molar-refractivity contribution in [1.29, 1.82) is 0 Å². The van der Waals surface area contributed by atoms with Gasteiger partial charge in [0.2, 0.25) is 15.9 Å². The van der Waals surface area contributed by atoms with Gasteiger partial charge < -0.3 is 10.1 Å². The monoisotopic (exact) mass is 432 g/mol. The standard InChI is InChI=1S/C23H32N2O4S/c1-17(2)14-22(19-10-7-6-8-11-19)24-23(26)16-25(30(5,27)28)20-12-9-13-21(15-20)29-18(3)4/h6-13,15,17-18,22H,14,16H2,1-5H3,(H,24,26)/t22-/m1/s1. The lowest BCUT2D eigenvalue weighted by molar-refractivity contribution is -0.120. The smallest absolute Gasteiger partial charge is 0.241 e. The molecule has 0 bridgehead atoms. The fourth-order valence-corrected chi connectivity index (χ4v) is 4.04. The first kappa shape index (κ1) is 23.7. The molecule has 0 saturated heterocycles. The Balaban J connectivity index is 2.23. The third kappa shape index (κ3) is 7.37. The predicted octanol–water partition coefficient (Wildman–Crippen LogP) is 4.14. The lowest BCUT2D eigenvalue weighted by Crippen LogP contribution is -2.41. The molecular formula is C23H32N2O4S. The maximum absolute atomic E-state index is 12.9. The minimum Gasteiger partial charge on any atom is -0.491 e. The van der Waals surface area contributed by atoms with Crippen molar-refractivity contribution in [2.75, 3.05) is 17.1 Å². The second-order valence-electron chi connectivity index (χ2n) is 8.09. The van der Waals surface area contributed by atoms with Crippen LogP contribution in [0.25, 0.3) is 0 Å². The number of hydrogen-bond donors (Lipinski definition) is 1. The minimum atomic E-state index is -3.66. The molecule has 2 aromatic rings. The fourth-order valence-electron chi connectivity index (χ4n) is 3.19. The highest BCUT2D eigenvalue weighted by Gasteiger charge is 2.24. The Hall–Kier alpha value is -2.54. The van der Waals surface area contributed by atoms with E-state index in [1.54, 1.807) is 24.3 Å². The molecular weight excluding hydrogens is 400 g/mol. The van der Waals surface area contributed by atoms with Gasteiger partial charge in [-0.25, -0.2) is 8.42 Å². The first-order valence-electron chi connectivity index (χ1n) is 10.1. The number of ether oxygens (including phenoxy) is 1. The number of hydrogen-bond acceptors (Lipinski definition) is 4. The highest BCUT2D eigenvalue weighted by Crippen LogP contribution is 2.25. The van der Waals surface area contributed by atoms with Gasteiger partial charge in [0.1, 0.15) is 12.3 Å². The van der Waals surface area contributed by atoms with Crippen molar-refractivity contribution >= 4 is 21.6 Å². The van der Waals surface area contributed by atoms with Crippen molar-refractivity contribution < 1.29 is 17.9 Å². The van der Waals surface area contributed by atoms with Crippen LogP contribution in [0.3, 0.4) is 0 Å². The van der Waals surface area contributed by atoms with Gasteiger partial charge in [0.25, 0.3) is 0 Å². The zero-order chi connectivity index (χ0) is 22.3. The molecule has 2 rings (SSSR count). The fraction of sp³-hybridized carbons (Fsp3) is 0.435. The van der Waals surface area contributed by atoms with Gasteiger partial charge in [-0.1, -0.05) is 50.2 Å². The van der Waals surface area contributed by atoms with Crippen molar-refractivity contribution in [3.05, 3.63) is 60.2 Å². The van der Waals surface area contributed by atoms with Crippen LogP contribution in [0, 0.1) is 5.92 Å². The molecule has 2 aromatic carbocycles. The van der Waals surface area contributed by atoms with E-state index >= 15 is 0 Å². The summed E-state index contributed by atoms with van der Waals surface area (Å²) >= 11 is 0. The zero-order valence-corrected chi connectivity index (χ0v) is 19.1. The van der Waals surface area contributed by atoms with E-state index in [1.165, 1.54) is 0 Å². The summed E-state index contributed by atoms with van der Waals surface area (Å²) in [6.07, 6.45) is 1.81. The zero-order valence-electron chi connectivity index (χ0n) is 18.3. The summed E-state index contributed by atoms with van der Waals surface area (Å²) in [5.41, 5.74) is 1.39. The second kappa shape index (κ2) is 10.5. The molecule has 1 amide bonds. The van der Waals surface area contributed by atoms with E-state index in [0.29, 0.717) is 17.4 Å². The Bertz CT molecular complexity index is 927. The molecule has 0 aliphatic carbocycles. The number of nitrogens with zero attached hydrogens (tertiary/aromatic N) is 1. The molecule has 0 heterocycles. The van der Waals surface area contributed by atoms with Gasteiger partial charge in [0.05, 0.1) is 24.1 Å². The van der Waals surface area contributed by atoms with Crippen molar-refractivity contribution in [1.82, 2.24) is 5.32 Å². The molecule has 0 aromatic heterocycles. The van der Waals surface area contributed by atoms with Crippen LogP contribution >= 0.6 is 0 Å². The van der Waals surface area contributed by atoms with Gasteiger partial charge >= 0.3 is 0 Å². The normalized spacial score (nSPS) is 12.6. The molecule has 0 unspecified atom stereocenters. The number of benzene rings is 2. The van der Waals surface area contributed by atoms with Crippen LogP contribution < -0.4 is 14.4 Å². The van der Waals surface area contributed by atoms with Gasteiger partial charge in [-0.15, -0.1) is 0 Å². The highest BCUT2D eigenvalue weighted by molar-refractivity contribution is 7.92. The molecule has 0 aliphatic rings. The van der Waals surface area contributed by atoms with Crippen LogP contribution in [0.1, 0.15) is 45.7 Å². The van der Waals surface area contributed by atoms with Crippen molar-refractivity contribution in [2.45, 2.75) is 46.3 Å². The van der Waals surface area contributed by atoms with Crippen LogP contribution in [-0.4, -0.2) is 33.2 Å². The van der Waals surface area contributed by atoms with E-state index in [-0.39, 0.29) is 24.6 Å². The predicted molar refractivity (Wildman–Crippen MR) is 121 cm³/mol. The second-order valence-corrected chi connectivity index (χ2v) is 10.0. The molecule has 0 fully saturated rings. The summed E-state index contributed by atoms with van der Waals surface area (Å²) in [5, 5.41) is 3.01. The van der Waals surface area contributed by atoms with Gasteiger partial charge in [0, 0.05) is 6.07 Å². The SMILES string of the molecule is CC(C)C[C@@H](NC(=O)CN(c1cccc(OC(C)C)c1)S(C)(=O)=O)c1ccccc1. The molecule has 30 heavy (non-hydrogen) atoms. The van der Waals surface area contributed by atoms with Crippen LogP contribution in [0.15, 0.2) is 54.6 Å². The van der Waals surface area contributed by atoms with Crippen LogP contribution in [0.2, 0.25) is 0 Å². The number of amides is 1. The molecule has 6 nitrogen and oxygen atoms in total. The van der Waals surface area contributed by atoms with Crippen LogP contribution in [-0.2, 0) is 14.8 Å². The Morgan fingerprint density at radius 2 is 1.70 bits per heavy atom. The van der Waals surface area contributed by atoms with E-state index in [2.05, 4.69) is 19.2 Å². The van der Waals surface area contributed by atoms with Crippen LogP contribution in [0.5, 0.6) is 5.75 Å². The molecule has 0 saturated carbocycles. The summed E-state index contributed by atoms with van der Waals surface area (Å²) in [5.74, 6) is 0.565. The first-order chi connectivity index (χ1) is 14.1. The Kier molecular flexibility index (Phi) is 8.29. The number of rotatable bonds is 10. The average molecular weight is 433 g/mol. The number of sulfonamides is 1. The summed E-state index contributed by atoms with van der Waals surface area (Å²) in [6.45, 7) is 7.67. The summed E-state index contributed by atoms with van der Waals surface area (Å²) in [4.78, 5) is 12.9. The maximum Gasteiger partial charge on any atom is 0.241 e. The minimum absolute atomic E-state index is 0.0436. The molecule has 0 spiro atoms. The number of nitrogens with one attached hydrogen (secondary N) is 1. The number of carbonyl (C=O) groups is 1. The van der Waals surface area contributed by atoms with Crippen molar-refractivity contribution in [2.24, 2.45) is 5.92 Å². The van der Waals surface area contributed by atoms with Crippen molar-refractivity contribution in [3.63, 3.8) is 0 Å². The van der Waals surface area contributed by atoms with E-state index in [0.717, 1.165) is 22.5 Å². The largest absolute Gasteiger partial charge is 0.491 e. The molecule has 7 heteroatoms. The Morgan fingerprint density at radius 3 is 2.27 bits per heavy atom. The summed E-state index contributed by atoms with van der Waals surface area (Å²) in [7, 11) is -3.66. The van der Waals surface area contributed by atoms with Gasteiger partial charge in [-0.2, -0.15) is 0 Å². The van der Waals surface area contributed by atoms with E-state index in [1.807, 2.05) is 44.2 Å². The maximum atomic E-state index is 12.9. The number of carbonyl (C=O) groups excluding carboxylic acids is 1. The third-order valence-electron chi connectivity index (χ3n) is 4.41. The quantitative estimate of drug-likeness (QED) is 0.612. The van der Waals surface area contributed by atoms with Gasteiger partial charge in [-0.05, 0) is 43.9 Å². The van der Waals surface area contributed by atoms with Gasteiger partial charge in [0.15, 0.2) is 0 Å². The van der Waals surface area contributed by atoms with E-state index < -0.39 is 10.0 Å². The molecule has 0 aliphatic heterocycles. The molecule has 164 valence electrons. The average Bonchev–Trinajstić information content (AvgIpc) is 2.65. The summed E-state index contributed by atoms with van der Waals surface area (Å²) < 4.78 is 31.6.